The van der Waals surface area contributed by atoms with Crippen LogP contribution >= 0.6 is 11.8 Å². The van der Waals surface area contributed by atoms with Crippen LogP contribution in [0.25, 0.3) is 0 Å². The number of hydrogen-bond acceptors (Lipinski definition) is 5. The Bertz CT molecular complexity index is 1120. The lowest BCUT2D eigenvalue weighted by Crippen LogP contribution is -2.23. The van der Waals surface area contributed by atoms with Crippen molar-refractivity contribution < 1.29 is 27.6 Å². The van der Waals surface area contributed by atoms with E-state index in [-0.39, 0.29) is 28.2 Å². The minimum atomic E-state index is -4.57. The van der Waals surface area contributed by atoms with E-state index >= 15 is 0 Å². The van der Waals surface area contributed by atoms with Crippen LogP contribution in [0.1, 0.15) is 31.8 Å². The van der Waals surface area contributed by atoms with Gasteiger partial charge in [0.1, 0.15) is 0 Å². The predicted molar refractivity (Wildman–Crippen MR) is 114 cm³/mol. The smallest absolute Gasteiger partial charge is 0.399 e. The fraction of sp³-hybridized carbons (Fsp3) is 0.0909. The van der Waals surface area contributed by atoms with Crippen LogP contribution in [0, 0.1) is 0 Å². The molecule has 0 aliphatic carbocycles. The molecule has 3 aromatic carbocycles. The zero-order chi connectivity index (χ0) is 23.3. The van der Waals surface area contributed by atoms with Gasteiger partial charge < -0.3 is 11.5 Å². The summed E-state index contributed by atoms with van der Waals surface area (Å²) in [5.41, 5.74) is 13.3. The van der Waals surface area contributed by atoms with E-state index in [4.69, 9.17) is 16.3 Å². The molecular weight excluding hydrogens is 443 g/mol. The lowest BCUT2D eigenvalue weighted by molar-refractivity contribution is -0.139. The first-order valence-electron chi connectivity index (χ1n) is 9.19. The Hall–Kier alpha value is -3.50. The number of primary amides is 1. The molecule has 6 nitrogen and oxygen atoms in total. The standard InChI is InChI=1S/C22H18F3N3O3S/c23-22(24,25)18-11-13(1-10-19(18)32-17-8-6-16(26)7-9-17)12-31-28-21(30)15-4-2-14(3-5-15)20(27)29/h1-11H,12,26H2,(H2,27,29)(H,28,30). The first-order valence-corrected chi connectivity index (χ1v) is 10.0. The van der Waals surface area contributed by atoms with E-state index in [9.17, 15) is 22.8 Å². The Labute approximate surface area is 185 Å². The summed E-state index contributed by atoms with van der Waals surface area (Å²) in [6.07, 6.45) is -4.57. The Morgan fingerprint density at radius 3 is 2.16 bits per heavy atom. The molecule has 5 N–H and O–H groups in total. The van der Waals surface area contributed by atoms with Gasteiger partial charge in [0, 0.05) is 26.6 Å². The molecule has 0 atom stereocenters. The number of carbonyl (C=O) groups is 2. The molecule has 10 heteroatoms. The van der Waals surface area contributed by atoms with Crippen LogP contribution in [0.15, 0.2) is 76.5 Å². The Balaban J connectivity index is 1.67. The van der Waals surface area contributed by atoms with Gasteiger partial charge in [0.2, 0.25) is 5.91 Å². The van der Waals surface area contributed by atoms with E-state index in [0.717, 1.165) is 17.8 Å². The number of hydroxylamine groups is 1. The zero-order valence-electron chi connectivity index (χ0n) is 16.5. The van der Waals surface area contributed by atoms with E-state index in [1.165, 1.54) is 36.4 Å². The van der Waals surface area contributed by atoms with Gasteiger partial charge in [0.25, 0.3) is 5.91 Å². The number of hydrogen-bond donors (Lipinski definition) is 3. The molecule has 0 spiro atoms. The molecule has 0 radical (unpaired) electrons. The molecule has 3 aromatic rings. The average molecular weight is 461 g/mol. The molecule has 0 aliphatic heterocycles. The minimum Gasteiger partial charge on any atom is -0.399 e. The number of carbonyl (C=O) groups excluding carboxylic acids is 2. The van der Waals surface area contributed by atoms with Crippen LogP contribution < -0.4 is 16.9 Å². The lowest BCUT2D eigenvalue weighted by Gasteiger charge is -2.14. The monoisotopic (exact) mass is 461 g/mol. The van der Waals surface area contributed by atoms with Gasteiger partial charge in [-0.1, -0.05) is 17.8 Å². The molecule has 0 heterocycles. The number of anilines is 1. The third-order valence-corrected chi connectivity index (χ3v) is 5.38. The highest BCUT2D eigenvalue weighted by molar-refractivity contribution is 7.99. The summed E-state index contributed by atoms with van der Waals surface area (Å²) in [6.45, 7) is -0.277. The molecule has 2 amide bonds. The summed E-state index contributed by atoms with van der Waals surface area (Å²) in [5.74, 6) is -1.25. The van der Waals surface area contributed by atoms with Gasteiger partial charge in [0.15, 0.2) is 0 Å². The predicted octanol–water partition coefficient (Wildman–Crippen LogP) is 4.40. The number of nitrogens with two attached hydrogens (primary N) is 2. The van der Waals surface area contributed by atoms with Gasteiger partial charge in [-0.15, -0.1) is 0 Å². The van der Waals surface area contributed by atoms with Crippen molar-refractivity contribution >= 4 is 29.3 Å². The summed E-state index contributed by atoms with van der Waals surface area (Å²) in [7, 11) is 0. The van der Waals surface area contributed by atoms with Crippen molar-refractivity contribution in [1.29, 1.82) is 0 Å². The molecule has 0 fully saturated rings. The number of nitrogens with one attached hydrogen (secondary N) is 1. The van der Waals surface area contributed by atoms with Gasteiger partial charge in [-0.05, 0) is 66.2 Å². The van der Waals surface area contributed by atoms with Crippen molar-refractivity contribution in [3.63, 3.8) is 0 Å². The number of amides is 2. The molecule has 32 heavy (non-hydrogen) atoms. The summed E-state index contributed by atoms with van der Waals surface area (Å²) in [4.78, 5) is 28.9. The van der Waals surface area contributed by atoms with Crippen LogP contribution in [0.5, 0.6) is 0 Å². The van der Waals surface area contributed by atoms with Crippen LogP contribution in [-0.4, -0.2) is 11.8 Å². The highest BCUT2D eigenvalue weighted by atomic mass is 32.2. The summed E-state index contributed by atoms with van der Waals surface area (Å²) in [5, 5.41) is 0. The van der Waals surface area contributed by atoms with Crippen molar-refractivity contribution in [2.24, 2.45) is 5.73 Å². The van der Waals surface area contributed by atoms with E-state index in [0.29, 0.717) is 10.6 Å². The fourth-order valence-electron chi connectivity index (χ4n) is 2.67. The molecule has 0 bridgehead atoms. The highest BCUT2D eigenvalue weighted by Crippen LogP contribution is 2.40. The third-order valence-electron chi connectivity index (χ3n) is 4.29. The first-order chi connectivity index (χ1) is 15.1. The maximum Gasteiger partial charge on any atom is 0.417 e. The molecular formula is C22H18F3N3O3S. The van der Waals surface area contributed by atoms with Gasteiger partial charge in [-0.25, -0.2) is 5.48 Å². The van der Waals surface area contributed by atoms with Crippen molar-refractivity contribution in [2.75, 3.05) is 5.73 Å². The second-order valence-electron chi connectivity index (χ2n) is 6.66. The van der Waals surface area contributed by atoms with Crippen LogP contribution in [-0.2, 0) is 17.6 Å². The largest absolute Gasteiger partial charge is 0.417 e. The molecule has 0 aromatic heterocycles. The number of halogens is 3. The Morgan fingerprint density at radius 1 is 0.938 bits per heavy atom. The number of benzene rings is 3. The van der Waals surface area contributed by atoms with Crippen LogP contribution in [0.3, 0.4) is 0 Å². The second-order valence-corrected chi connectivity index (χ2v) is 7.78. The van der Waals surface area contributed by atoms with Gasteiger partial charge in [-0.3, -0.25) is 14.4 Å². The number of alkyl halides is 3. The van der Waals surface area contributed by atoms with Crippen molar-refractivity contribution in [3.8, 4) is 0 Å². The minimum absolute atomic E-state index is 0.0320. The number of nitrogen functional groups attached to an aromatic ring is 1. The lowest BCUT2D eigenvalue weighted by atomic mass is 10.1. The second kappa shape index (κ2) is 9.75. The van der Waals surface area contributed by atoms with Crippen molar-refractivity contribution in [2.45, 2.75) is 22.6 Å². The molecule has 0 saturated carbocycles. The van der Waals surface area contributed by atoms with Gasteiger partial charge in [-0.2, -0.15) is 13.2 Å². The topological polar surface area (TPSA) is 107 Å². The summed E-state index contributed by atoms with van der Waals surface area (Å²) >= 11 is 0.969. The van der Waals surface area contributed by atoms with Gasteiger partial charge in [0.05, 0.1) is 12.2 Å². The van der Waals surface area contributed by atoms with Crippen molar-refractivity contribution in [3.05, 3.63) is 89.0 Å². The average Bonchev–Trinajstić information content (AvgIpc) is 2.75. The highest BCUT2D eigenvalue weighted by Gasteiger charge is 2.34. The fourth-order valence-corrected chi connectivity index (χ4v) is 3.62. The summed E-state index contributed by atoms with van der Waals surface area (Å²) in [6, 6.07) is 15.8. The van der Waals surface area contributed by atoms with E-state index in [1.54, 1.807) is 24.3 Å². The van der Waals surface area contributed by atoms with E-state index in [1.807, 2.05) is 0 Å². The zero-order valence-corrected chi connectivity index (χ0v) is 17.3. The van der Waals surface area contributed by atoms with Gasteiger partial charge >= 0.3 is 6.18 Å². The quantitative estimate of drug-likeness (QED) is 0.357. The first kappa shape index (κ1) is 23.2. The maximum absolute atomic E-state index is 13.6. The molecule has 3 rings (SSSR count). The van der Waals surface area contributed by atoms with E-state index in [2.05, 4.69) is 5.48 Å². The number of rotatable bonds is 7. The summed E-state index contributed by atoms with van der Waals surface area (Å²) < 4.78 is 40.7. The normalized spacial score (nSPS) is 11.2. The van der Waals surface area contributed by atoms with Crippen molar-refractivity contribution in [1.82, 2.24) is 5.48 Å². The van der Waals surface area contributed by atoms with Crippen LogP contribution in [0.4, 0.5) is 18.9 Å². The molecule has 0 saturated heterocycles. The molecule has 166 valence electrons. The third kappa shape index (κ3) is 6.02. The Morgan fingerprint density at radius 2 is 1.56 bits per heavy atom. The van der Waals surface area contributed by atoms with Crippen LogP contribution in [0.2, 0.25) is 0 Å². The Kier molecular flexibility index (Phi) is 7.06. The maximum atomic E-state index is 13.6. The SMILES string of the molecule is NC(=O)c1ccc(C(=O)NOCc2ccc(Sc3ccc(N)cc3)c(C(F)(F)F)c2)cc1. The van der Waals surface area contributed by atoms with E-state index < -0.39 is 23.6 Å². The molecule has 0 unspecified atom stereocenters. The molecule has 0 aliphatic rings.